The van der Waals surface area contributed by atoms with Crippen molar-refractivity contribution in [2.24, 2.45) is 0 Å². The van der Waals surface area contributed by atoms with Gasteiger partial charge in [0.2, 0.25) is 5.91 Å². The summed E-state index contributed by atoms with van der Waals surface area (Å²) in [6.07, 6.45) is 3.15. The van der Waals surface area contributed by atoms with Gasteiger partial charge in [0, 0.05) is 30.6 Å². The molecule has 24 heavy (non-hydrogen) atoms. The zero-order valence-corrected chi connectivity index (χ0v) is 13.2. The van der Waals surface area contributed by atoms with Crippen LogP contribution in [0.15, 0.2) is 48.5 Å². The number of amides is 2. The summed E-state index contributed by atoms with van der Waals surface area (Å²) < 4.78 is 5.40. The minimum absolute atomic E-state index is 0.00204. The first-order chi connectivity index (χ1) is 11.5. The van der Waals surface area contributed by atoms with Crippen LogP contribution in [0.1, 0.15) is 5.56 Å². The predicted molar refractivity (Wildman–Crippen MR) is 93.9 cm³/mol. The maximum atomic E-state index is 12.0. The number of hydrogen-bond donors (Lipinski definition) is 2. The molecule has 3 rings (SSSR count). The van der Waals surface area contributed by atoms with E-state index in [1.54, 1.807) is 43.5 Å². The average Bonchev–Trinajstić information content (AvgIpc) is 2.58. The van der Waals surface area contributed by atoms with Crippen LogP contribution in [0, 0.1) is 0 Å². The van der Waals surface area contributed by atoms with Gasteiger partial charge in [-0.25, -0.2) is 0 Å². The first-order valence-electron chi connectivity index (χ1n) is 7.41. The van der Waals surface area contributed by atoms with Gasteiger partial charge < -0.3 is 20.7 Å². The fraction of sp³-hybridized carbons (Fsp3) is 0.111. The Labute approximate surface area is 139 Å². The Morgan fingerprint density at radius 3 is 2.75 bits per heavy atom. The maximum Gasteiger partial charge on any atom is 0.264 e. The third kappa shape index (κ3) is 3.38. The first-order valence-corrected chi connectivity index (χ1v) is 7.41. The van der Waals surface area contributed by atoms with Crippen LogP contribution < -0.4 is 20.7 Å². The van der Waals surface area contributed by atoms with E-state index in [4.69, 9.17) is 10.5 Å². The second kappa shape index (κ2) is 6.45. The first kappa shape index (κ1) is 15.6. The number of carbonyl (C=O) groups excluding carboxylic acids is 2. The molecule has 1 aliphatic rings. The summed E-state index contributed by atoms with van der Waals surface area (Å²) in [4.78, 5) is 25.1. The number of benzene rings is 2. The smallest absolute Gasteiger partial charge is 0.264 e. The molecular weight excluding hydrogens is 306 g/mol. The lowest BCUT2D eigenvalue weighted by Gasteiger charge is -2.26. The van der Waals surface area contributed by atoms with E-state index in [-0.39, 0.29) is 18.4 Å². The van der Waals surface area contributed by atoms with Gasteiger partial charge >= 0.3 is 0 Å². The molecular formula is C18H17N3O3. The molecule has 0 atom stereocenters. The largest absolute Gasteiger partial charge is 0.481 e. The number of likely N-dealkylation sites (N-methyl/N-ethyl adjacent to an activating group) is 1. The van der Waals surface area contributed by atoms with Gasteiger partial charge in [0.15, 0.2) is 6.61 Å². The molecule has 0 saturated carbocycles. The lowest BCUT2D eigenvalue weighted by Crippen LogP contribution is -2.35. The van der Waals surface area contributed by atoms with Crippen molar-refractivity contribution in [2.45, 2.75) is 0 Å². The van der Waals surface area contributed by atoms with Crippen molar-refractivity contribution in [1.29, 1.82) is 0 Å². The Morgan fingerprint density at radius 1 is 1.25 bits per heavy atom. The fourth-order valence-corrected chi connectivity index (χ4v) is 2.32. The van der Waals surface area contributed by atoms with Crippen LogP contribution in [0.5, 0.6) is 5.75 Å². The van der Waals surface area contributed by atoms with Crippen molar-refractivity contribution < 1.29 is 14.3 Å². The van der Waals surface area contributed by atoms with E-state index in [2.05, 4.69) is 5.32 Å². The highest BCUT2D eigenvalue weighted by Crippen LogP contribution is 2.33. The van der Waals surface area contributed by atoms with Crippen LogP contribution in [0.25, 0.3) is 6.08 Å². The van der Waals surface area contributed by atoms with E-state index in [0.717, 1.165) is 5.56 Å². The molecule has 6 nitrogen and oxygen atoms in total. The van der Waals surface area contributed by atoms with E-state index in [1.165, 1.54) is 11.0 Å². The van der Waals surface area contributed by atoms with Crippen LogP contribution in [0.2, 0.25) is 0 Å². The Kier molecular flexibility index (Phi) is 4.20. The number of carbonyl (C=O) groups is 2. The van der Waals surface area contributed by atoms with Crippen molar-refractivity contribution in [3.05, 3.63) is 54.1 Å². The summed E-state index contributed by atoms with van der Waals surface area (Å²) in [6.45, 7) is -0.00204. The number of nitrogens with zero attached hydrogens (tertiary/aromatic N) is 1. The third-order valence-electron chi connectivity index (χ3n) is 3.68. The van der Waals surface area contributed by atoms with Gasteiger partial charge in [-0.05, 0) is 35.9 Å². The zero-order chi connectivity index (χ0) is 17.1. The molecule has 2 aromatic carbocycles. The number of anilines is 3. The van der Waals surface area contributed by atoms with E-state index in [0.29, 0.717) is 22.8 Å². The Morgan fingerprint density at radius 2 is 2.00 bits per heavy atom. The van der Waals surface area contributed by atoms with Crippen LogP contribution in [-0.4, -0.2) is 25.5 Å². The molecule has 6 heteroatoms. The second-order valence-corrected chi connectivity index (χ2v) is 5.41. The van der Waals surface area contributed by atoms with Gasteiger partial charge in [-0.2, -0.15) is 0 Å². The lowest BCUT2D eigenvalue weighted by atomic mass is 10.2. The molecule has 0 fully saturated rings. The van der Waals surface area contributed by atoms with E-state index < -0.39 is 0 Å². The third-order valence-corrected chi connectivity index (χ3v) is 3.68. The van der Waals surface area contributed by atoms with Crippen LogP contribution >= 0.6 is 0 Å². The summed E-state index contributed by atoms with van der Waals surface area (Å²) in [5.41, 5.74) is 8.46. The molecule has 2 aromatic rings. The predicted octanol–water partition coefficient (Wildman–Crippen LogP) is 2.28. The second-order valence-electron chi connectivity index (χ2n) is 5.41. The number of hydrogen-bond acceptors (Lipinski definition) is 4. The standard InChI is InChI=1S/C18H17N3O3/c1-21-15-8-7-14(10-16(15)24-11-18(21)23)20-17(22)9-4-12-2-5-13(19)6-3-12/h2-10H,11,19H2,1H3,(H,20,22)/b9-4+. The van der Waals surface area contributed by atoms with Crippen LogP contribution in [0.4, 0.5) is 17.1 Å². The maximum absolute atomic E-state index is 12.0. The van der Waals surface area contributed by atoms with Gasteiger partial charge in [-0.3, -0.25) is 9.59 Å². The summed E-state index contributed by atoms with van der Waals surface area (Å²) in [6, 6.07) is 12.4. The Hall–Kier alpha value is -3.28. The monoisotopic (exact) mass is 323 g/mol. The lowest BCUT2D eigenvalue weighted by molar-refractivity contribution is -0.121. The molecule has 1 aliphatic heterocycles. The molecule has 0 saturated heterocycles. The van der Waals surface area contributed by atoms with E-state index >= 15 is 0 Å². The molecule has 0 aliphatic carbocycles. The van der Waals surface area contributed by atoms with Gasteiger partial charge in [-0.1, -0.05) is 12.1 Å². The Bertz CT molecular complexity index is 813. The SMILES string of the molecule is CN1C(=O)COc2cc(NC(=O)/C=C/c3ccc(N)cc3)ccc21. The molecule has 1 heterocycles. The van der Waals surface area contributed by atoms with E-state index in [9.17, 15) is 9.59 Å². The van der Waals surface area contributed by atoms with Crippen molar-refractivity contribution in [3.63, 3.8) is 0 Å². The molecule has 0 aromatic heterocycles. The summed E-state index contributed by atoms with van der Waals surface area (Å²) in [5, 5.41) is 2.77. The highest BCUT2D eigenvalue weighted by atomic mass is 16.5. The number of fused-ring (bicyclic) bond motifs is 1. The number of nitrogen functional groups attached to an aromatic ring is 1. The summed E-state index contributed by atoms with van der Waals surface area (Å²) in [5.74, 6) is 0.204. The highest BCUT2D eigenvalue weighted by molar-refractivity contribution is 6.03. The number of nitrogens with one attached hydrogen (secondary N) is 1. The molecule has 0 radical (unpaired) electrons. The fourth-order valence-electron chi connectivity index (χ4n) is 2.32. The quantitative estimate of drug-likeness (QED) is 0.670. The summed E-state index contributed by atoms with van der Waals surface area (Å²) >= 11 is 0. The molecule has 0 unspecified atom stereocenters. The van der Waals surface area contributed by atoms with E-state index in [1.807, 2.05) is 12.1 Å². The molecule has 0 bridgehead atoms. The molecule has 2 amide bonds. The minimum atomic E-state index is -0.257. The molecule has 122 valence electrons. The number of ether oxygens (including phenoxy) is 1. The van der Waals surface area contributed by atoms with Crippen molar-refractivity contribution >= 4 is 35.0 Å². The van der Waals surface area contributed by atoms with Gasteiger partial charge in [-0.15, -0.1) is 0 Å². The van der Waals surface area contributed by atoms with Crippen molar-refractivity contribution in [1.82, 2.24) is 0 Å². The van der Waals surface area contributed by atoms with Crippen molar-refractivity contribution in [2.75, 3.05) is 29.6 Å². The topological polar surface area (TPSA) is 84.7 Å². The normalized spacial score (nSPS) is 13.5. The van der Waals surface area contributed by atoms with Crippen molar-refractivity contribution in [3.8, 4) is 5.75 Å². The molecule has 3 N–H and O–H groups in total. The minimum Gasteiger partial charge on any atom is -0.481 e. The Balaban J connectivity index is 1.69. The van der Waals surface area contributed by atoms with Gasteiger partial charge in [0.25, 0.3) is 5.91 Å². The average molecular weight is 323 g/mol. The summed E-state index contributed by atoms with van der Waals surface area (Å²) in [7, 11) is 1.69. The van der Waals surface area contributed by atoms with Crippen LogP contribution in [-0.2, 0) is 9.59 Å². The van der Waals surface area contributed by atoms with Crippen LogP contribution in [0.3, 0.4) is 0 Å². The number of nitrogens with two attached hydrogens (primary N) is 1. The van der Waals surface area contributed by atoms with Gasteiger partial charge in [0.05, 0.1) is 5.69 Å². The molecule has 0 spiro atoms. The van der Waals surface area contributed by atoms with Gasteiger partial charge in [0.1, 0.15) is 5.75 Å². The number of rotatable bonds is 3. The zero-order valence-electron chi connectivity index (χ0n) is 13.2. The highest BCUT2D eigenvalue weighted by Gasteiger charge is 2.22.